The van der Waals surface area contributed by atoms with Crippen molar-refractivity contribution in [3.8, 4) is 0 Å². The Kier molecular flexibility index (Phi) is 4.09. The number of hydrogen-bond donors (Lipinski definition) is 1. The maximum absolute atomic E-state index is 13.5. The Hall–Kier alpha value is -1.56. The van der Waals surface area contributed by atoms with E-state index in [2.05, 4.69) is 0 Å². The Labute approximate surface area is 109 Å². The van der Waals surface area contributed by atoms with Gasteiger partial charge < -0.3 is 5.73 Å². The van der Waals surface area contributed by atoms with E-state index in [0.29, 0.717) is 32.0 Å². The van der Waals surface area contributed by atoms with Gasteiger partial charge in [0.05, 0.1) is 0 Å². The van der Waals surface area contributed by atoms with Gasteiger partial charge in [0.15, 0.2) is 11.6 Å². The predicted molar refractivity (Wildman–Crippen MR) is 63.5 cm³/mol. The molecule has 1 heterocycles. The Balaban J connectivity index is 2.01. The lowest BCUT2D eigenvalue weighted by atomic mass is 9.96. The molecule has 1 aromatic rings. The Morgan fingerprint density at radius 3 is 2.47 bits per heavy atom. The molecule has 19 heavy (non-hydrogen) atoms. The minimum Gasteiger partial charge on any atom is -0.369 e. The lowest BCUT2D eigenvalue weighted by Crippen LogP contribution is -2.38. The van der Waals surface area contributed by atoms with E-state index in [0.717, 1.165) is 6.07 Å². The normalized spacial score (nSPS) is 17.6. The third-order valence-corrected chi connectivity index (χ3v) is 3.45. The van der Waals surface area contributed by atoms with E-state index < -0.39 is 17.5 Å². The number of benzene rings is 1. The first-order valence-corrected chi connectivity index (χ1v) is 6.12. The fraction of sp³-hybridized carbons (Fsp3) is 0.462. The number of likely N-dealkylation sites (tertiary alicyclic amines) is 1. The van der Waals surface area contributed by atoms with Crippen LogP contribution in [0.5, 0.6) is 0 Å². The van der Waals surface area contributed by atoms with Gasteiger partial charge in [0.2, 0.25) is 5.91 Å². The highest BCUT2D eigenvalue weighted by Gasteiger charge is 2.24. The minimum absolute atomic E-state index is 0.00461. The first-order valence-electron chi connectivity index (χ1n) is 6.12. The Bertz CT molecular complexity index is 485. The summed E-state index contributed by atoms with van der Waals surface area (Å²) >= 11 is 0. The SMILES string of the molecule is NC(=O)C1CCN(Cc2cc(F)cc(F)c2F)CC1. The van der Waals surface area contributed by atoms with Crippen LogP contribution in [-0.4, -0.2) is 23.9 Å². The van der Waals surface area contributed by atoms with E-state index in [1.807, 2.05) is 4.90 Å². The van der Waals surface area contributed by atoms with E-state index in [-0.39, 0.29) is 23.9 Å². The molecule has 1 aromatic carbocycles. The number of carbonyl (C=O) groups is 1. The molecule has 1 aliphatic rings. The van der Waals surface area contributed by atoms with Crippen LogP contribution in [0.4, 0.5) is 13.2 Å². The number of nitrogens with zero attached hydrogens (tertiary/aromatic N) is 1. The van der Waals surface area contributed by atoms with Crippen LogP contribution in [0.1, 0.15) is 18.4 Å². The molecule has 0 atom stereocenters. The van der Waals surface area contributed by atoms with Crippen LogP contribution in [0.15, 0.2) is 12.1 Å². The lowest BCUT2D eigenvalue weighted by molar-refractivity contribution is -0.123. The molecule has 6 heteroatoms. The third kappa shape index (κ3) is 3.26. The molecule has 0 spiro atoms. The third-order valence-electron chi connectivity index (χ3n) is 3.45. The average Bonchev–Trinajstić information content (AvgIpc) is 2.36. The highest BCUT2D eigenvalue weighted by Crippen LogP contribution is 2.21. The number of piperidine rings is 1. The molecule has 2 N–H and O–H groups in total. The van der Waals surface area contributed by atoms with Crippen molar-refractivity contribution in [2.75, 3.05) is 13.1 Å². The van der Waals surface area contributed by atoms with E-state index >= 15 is 0 Å². The molecular formula is C13H15F3N2O. The molecule has 0 unspecified atom stereocenters. The van der Waals surface area contributed by atoms with Gasteiger partial charge >= 0.3 is 0 Å². The van der Waals surface area contributed by atoms with Crippen LogP contribution in [0.25, 0.3) is 0 Å². The summed E-state index contributed by atoms with van der Waals surface area (Å²) in [5.74, 6) is -3.48. The van der Waals surface area contributed by atoms with Crippen LogP contribution >= 0.6 is 0 Å². The van der Waals surface area contributed by atoms with Gasteiger partial charge in [-0.05, 0) is 32.0 Å². The summed E-state index contributed by atoms with van der Waals surface area (Å²) < 4.78 is 39.6. The second kappa shape index (κ2) is 5.61. The van der Waals surface area contributed by atoms with E-state index in [1.54, 1.807) is 0 Å². The number of rotatable bonds is 3. The minimum atomic E-state index is -1.18. The number of carbonyl (C=O) groups excluding carboxylic acids is 1. The second-order valence-electron chi connectivity index (χ2n) is 4.81. The van der Waals surface area contributed by atoms with Crippen molar-refractivity contribution >= 4 is 5.91 Å². The molecule has 1 amide bonds. The molecule has 0 bridgehead atoms. The number of halogens is 3. The van der Waals surface area contributed by atoms with Crippen molar-refractivity contribution in [2.45, 2.75) is 19.4 Å². The molecule has 1 fully saturated rings. The van der Waals surface area contributed by atoms with Gasteiger partial charge in [-0.25, -0.2) is 13.2 Å². The molecule has 0 aliphatic carbocycles. The topological polar surface area (TPSA) is 46.3 Å². The highest BCUT2D eigenvalue weighted by atomic mass is 19.2. The van der Waals surface area contributed by atoms with Crippen LogP contribution < -0.4 is 5.73 Å². The lowest BCUT2D eigenvalue weighted by Gasteiger charge is -2.30. The second-order valence-corrected chi connectivity index (χ2v) is 4.81. The largest absolute Gasteiger partial charge is 0.369 e. The number of amides is 1. The molecule has 104 valence electrons. The maximum Gasteiger partial charge on any atom is 0.220 e. The predicted octanol–water partition coefficient (Wildman–Crippen LogP) is 1.80. The van der Waals surface area contributed by atoms with Crippen molar-refractivity contribution in [1.82, 2.24) is 4.90 Å². The van der Waals surface area contributed by atoms with Gasteiger partial charge in [0.1, 0.15) is 5.82 Å². The molecule has 2 rings (SSSR count). The molecular weight excluding hydrogens is 257 g/mol. The summed E-state index contributed by atoms with van der Waals surface area (Å²) in [5.41, 5.74) is 5.21. The molecule has 1 saturated heterocycles. The van der Waals surface area contributed by atoms with Gasteiger partial charge in [-0.1, -0.05) is 0 Å². The summed E-state index contributed by atoms with van der Waals surface area (Å²) in [6.07, 6.45) is 1.18. The zero-order valence-electron chi connectivity index (χ0n) is 10.3. The van der Waals surface area contributed by atoms with E-state index in [1.165, 1.54) is 0 Å². The molecule has 0 radical (unpaired) electrons. The summed E-state index contributed by atoms with van der Waals surface area (Å²) in [7, 11) is 0. The van der Waals surface area contributed by atoms with Gasteiger partial charge in [-0.2, -0.15) is 0 Å². The quantitative estimate of drug-likeness (QED) is 0.853. The van der Waals surface area contributed by atoms with Crippen LogP contribution in [0, 0.1) is 23.4 Å². The zero-order valence-corrected chi connectivity index (χ0v) is 10.3. The fourth-order valence-corrected chi connectivity index (χ4v) is 2.34. The average molecular weight is 272 g/mol. The van der Waals surface area contributed by atoms with E-state index in [4.69, 9.17) is 5.73 Å². The summed E-state index contributed by atoms with van der Waals surface area (Å²) in [6.45, 7) is 1.25. The zero-order chi connectivity index (χ0) is 14.0. The van der Waals surface area contributed by atoms with Gasteiger partial charge in [-0.3, -0.25) is 9.69 Å². The Morgan fingerprint density at radius 1 is 1.26 bits per heavy atom. The van der Waals surface area contributed by atoms with Crippen LogP contribution in [0.3, 0.4) is 0 Å². The van der Waals surface area contributed by atoms with Gasteiger partial charge in [0, 0.05) is 24.1 Å². The van der Waals surface area contributed by atoms with Crippen molar-refractivity contribution in [1.29, 1.82) is 0 Å². The van der Waals surface area contributed by atoms with Crippen molar-refractivity contribution in [3.05, 3.63) is 35.1 Å². The standard InChI is InChI=1S/C13H15F3N2O/c14-10-5-9(12(16)11(15)6-10)7-18-3-1-8(2-4-18)13(17)19/h5-6,8H,1-4,7H2,(H2,17,19). The van der Waals surface area contributed by atoms with Crippen LogP contribution in [-0.2, 0) is 11.3 Å². The summed E-state index contributed by atoms with van der Waals surface area (Å²) in [4.78, 5) is 12.9. The summed E-state index contributed by atoms with van der Waals surface area (Å²) in [5, 5.41) is 0. The molecule has 3 nitrogen and oxygen atoms in total. The van der Waals surface area contributed by atoms with Crippen molar-refractivity contribution in [2.24, 2.45) is 11.7 Å². The van der Waals surface area contributed by atoms with Crippen molar-refractivity contribution in [3.63, 3.8) is 0 Å². The first-order chi connectivity index (χ1) is 8.97. The summed E-state index contributed by atoms with van der Waals surface area (Å²) in [6, 6.07) is 1.52. The van der Waals surface area contributed by atoms with Gasteiger partial charge in [-0.15, -0.1) is 0 Å². The number of nitrogens with two attached hydrogens (primary N) is 1. The smallest absolute Gasteiger partial charge is 0.220 e. The first kappa shape index (κ1) is 13.9. The molecule has 0 saturated carbocycles. The number of hydrogen-bond acceptors (Lipinski definition) is 2. The number of primary amides is 1. The monoisotopic (exact) mass is 272 g/mol. The van der Waals surface area contributed by atoms with E-state index in [9.17, 15) is 18.0 Å². The van der Waals surface area contributed by atoms with Crippen molar-refractivity contribution < 1.29 is 18.0 Å². The maximum atomic E-state index is 13.5. The Morgan fingerprint density at radius 2 is 1.89 bits per heavy atom. The van der Waals surface area contributed by atoms with Crippen LogP contribution in [0.2, 0.25) is 0 Å². The fourth-order valence-electron chi connectivity index (χ4n) is 2.34. The molecule has 0 aromatic heterocycles. The highest BCUT2D eigenvalue weighted by molar-refractivity contribution is 5.76. The van der Waals surface area contributed by atoms with Gasteiger partial charge in [0.25, 0.3) is 0 Å². The molecule has 1 aliphatic heterocycles.